The number of amides is 1. The predicted molar refractivity (Wildman–Crippen MR) is 91.4 cm³/mol. The van der Waals surface area contributed by atoms with Crippen molar-refractivity contribution in [3.05, 3.63) is 22.7 Å². The first-order chi connectivity index (χ1) is 11.0. The molecule has 1 aromatic rings. The van der Waals surface area contributed by atoms with Gasteiger partial charge in [0, 0.05) is 18.2 Å². The summed E-state index contributed by atoms with van der Waals surface area (Å²) < 4.78 is 11.0. The Morgan fingerprint density at radius 3 is 2.78 bits per heavy atom. The normalized spacial score (nSPS) is 20.7. The highest BCUT2D eigenvalue weighted by Crippen LogP contribution is 2.37. The van der Waals surface area contributed by atoms with E-state index in [2.05, 4.69) is 0 Å². The number of halogens is 1. The summed E-state index contributed by atoms with van der Waals surface area (Å²) in [5.74, 6) is 1.28. The SMILES string of the molecule is CCCOc1c(Cl)cc(C(=O)N2CC(CN)CC2C)cc1OC. The van der Waals surface area contributed by atoms with Crippen LogP contribution in [0.5, 0.6) is 11.5 Å². The van der Waals surface area contributed by atoms with Gasteiger partial charge in [-0.05, 0) is 44.4 Å². The van der Waals surface area contributed by atoms with E-state index in [0.717, 1.165) is 12.8 Å². The summed E-state index contributed by atoms with van der Waals surface area (Å²) in [7, 11) is 1.54. The maximum atomic E-state index is 12.8. The van der Waals surface area contributed by atoms with Gasteiger partial charge in [0.2, 0.25) is 0 Å². The van der Waals surface area contributed by atoms with Crippen LogP contribution in [0, 0.1) is 5.92 Å². The van der Waals surface area contributed by atoms with Gasteiger partial charge >= 0.3 is 0 Å². The Kier molecular flexibility index (Phi) is 6.13. The maximum absolute atomic E-state index is 12.8. The maximum Gasteiger partial charge on any atom is 0.254 e. The number of nitrogens with two attached hydrogens (primary N) is 1. The van der Waals surface area contributed by atoms with Crippen molar-refractivity contribution in [2.75, 3.05) is 26.8 Å². The molecule has 6 heteroatoms. The van der Waals surface area contributed by atoms with E-state index < -0.39 is 0 Å². The summed E-state index contributed by atoms with van der Waals surface area (Å²) in [5, 5.41) is 0.392. The fourth-order valence-corrected chi connectivity index (χ4v) is 3.21. The number of rotatable bonds is 6. The summed E-state index contributed by atoms with van der Waals surface area (Å²) >= 11 is 6.30. The molecule has 2 N–H and O–H groups in total. The Balaban J connectivity index is 2.26. The van der Waals surface area contributed by atoms with Gasteiger partial charge in [0.25, 0.3) is 5.91 Å². The summed E-state index contributed by atoms with van der Waals surface area (Å²) in [4.78, 5) is 14.7. The average molecular weight is 341 g/mol. The minimum absolute atomic E-state index is 0.0457. The Labute approximate surface area is 142 Å². The number of ether oxygens (including phenoxy) is 2. The highest BCUT2D eigenvalue weighted by molar-refractivity contribution is 6.32. The lowest BCUT2D eigenvalue weighted by molar-refractivity contribution is 0.0743. The van der Waals surface area contributed by atoms with Crippen LogP contribution in [0.4, 0.5) is 0 Å². The fraction of sp³-hybridized carbons (Fsp3) is 0.588. The molecule has 128 valence electrons. The molecule has 2 atom stereocenters. The number of methoxy groups -OCH3 is 1. The second kappa shape index (κ2) is 7.88. The van der Waals surface area contributed by atoms with Crippen molar-refractivity contribution < 1.29 is 14.3 Å². The van der Waals surface area contributed by atoms with Crippen LogP contribution >= 0.6 is 11.6 Å². The first-order valence-corrected chi connectivity index (χ1v) is 8.40. The molecule has 1 aliphatic rings. The number of likely N-dealkylation sites (tertiary alicyclic amines) is 1. The van der Waals surface area contributed by atoms with Crippen LogP contribution in [-0.2, 0) is 0 Å². The Bertz CT molecular complexity index is 565. The van der Waals surface area contributed by atoms with E-state index in [1.54, 1.807) is 19.2 Å². The lowest BCUT2D eigenvalue weighted by Crippen LogP contribution is -2.34. The number of hydrogen-bond donors (Lipinski definition) is 1. The number of carbonyl (C=O) groups excluding carboxylic acids is 1. The molecule has 2 rings (SSSR count). The molecule has 0 bridgehead atoms. The Morgan fingerprint density at radius 1 is 1.48 bits per heavy atom. The van der Waals surface area contributed by atoms with Gasteiger partial charge in [-0.1, -0.05) is 18.5 Å². The van der Waals surface area contributed by atoms with Crippen LogP contribution < -0.4 is 15.2 Å². The molecule has 23 heavy (non-hydrogen) atoms. The van der Waals surface area contributed by atoms with Crippen LogP contribution in [0.1, 0.15) is 37.0 Å². The van der Waals surface area contributed by atoms with Crippen molar-refractivity contribution >= 4 is 17.5 Å². The topological polar surface area (TPSA) is 64.8 Å². The molecule has 1 aromatic carbocycles. The van der Waals surface area contributed by atoms with Crippen LogP contribution in [0.25, 0.3) is 0 Å². The van der Waals surface area contributed by atoms with Crippen LogP contribution in [0.2, 0.25) is 5.02 Å². The molecular weight excluding hydrogens is 316 g/mol. The largest absolute Gasteiger partial charge is 0.493 e. The summed E-state index contributed by atoms with van der Waals surface area (Å²) in [6.45, 7) is 5.89. The van der Waals surface area contributed by atoms with E-state index in [0.29, 0.717) is 47.7 Å². The highest BCUT2D eigenvalue weighted by atomic mass is 35.5. The van der Waals surface area contributed by atoms with E-state index in [-0.39, 0.29) is 11.9 Å². The van der Waals surface area contributed by atoms with Gasteiger partial charge < -0.3 is 20.1 Å². The predicted octanol–water partition coefficient (Wildman–Crippen LogP) is 2.95. The van der Waals surface area contributed by atoms with Crippen molar-refractivity contribution in [2.45, 2.75) is 32.7 Å². The first kappa shape index (κ1) is 17.9. The van der Waals surface area contributed by atoms with E-state index >= 15 is 0 Å². The number of hydrogen-bond acceptors (Lipinski definition) is 4. The van der Waals surface area contributed by atoms with Crippen LogP contribution in [-0.4, -0.2) is 43.7 Å². The molecule has 1 saturated heterocycles. The molecule has 5 nitrogen and oxygen atoms in total. The monoisotopic (exact) mass is 340 g/mol. The molecule has 1 fully saturated rings. The molecule has 0 aliphatic carbocycles. The lowest BCUT2D eigenvalue weighted by Gasteiger charge is -2.22. The third kappa shape index (κ3) is 3.90. The smallest absolute Gasteiger partial charge is 0.254 e. The standard InChI is InChI=1S/C17H25ClN2O3/c1-4-5-23-16-14(18)7-13(8-15(16)22-3)17(21)20-10-12(9-19)6-11(20)2/h7-8,11-12H,4-6,9-10,19H2,1-3H3. The van der Waals surface area contributed by atoms with E-state index in [9.17, 15) is 4.79 Å². The molecule has 1 heterocycles. The first-order valence-electron chi connectivity index (χ1n) is 8.03. The highest BCUT2D eigenvalue weighted by Gasteiger charge is 2.32. The molecule has 1 amide bonds. The molecule has 2 unspecified atom stereocenters. The Morgan fingerprint density at radius 2 is 2.22 bits per heavy atom. The van der Waals surface area contributed by atoms with Gasteiger partial charge in [-0.25, -0.2) is 0 Å². The third-order valence-electron chi connectivity index (χ3n) is 4.18. The van der Waals surface area contributed by atoms with Gasteiger partial charge in [-0.3, -0.25) is 4.79 Å². The van der Waals surface area contributed by atoms with Crippen molar-refractivity contribution in [3.63, 3.8) is 0 Å². The van der Waals surface area contributed by atoms with Gasteiger partial charge in [0.1, 0.15) is 0 Å². The third-order valence-corrected chi connectivity index (χ3v) is 4.46. The van der Waals surface area contributed by atoms with Gasteiger partial charge in [0.05, 0.1) is 18.7 Å². The number of benzene rings is 1. The van der Waals surface area contributed by atoms with Crippen molar-refractivity contribution in [2.24, 2.45) is 11.7 Å². The Hall–Kier alpha value is -1.46. The van der Waals surface area contributed by atoms with E-state index in [1.165, 1.54) is 0 Å². The van der Waals surface area contributed by atoms with Gasteiger partial charge in [-0.2, -0.15) is 0 Å². The average Bonchev–Trinajstić information content (AvgIpc) is 2.93. The number of nitrogens with zero attached hydrogens (tertiary/aromatic N) is 1. The second-order valence-electron chi connectivity index (χ2n) is 5.98. The van der Waals surface area contributed by atoms with Crippen molar-refractivity contribution in [1.82, 2.24) is 4.90 Å². The van der Waals surface area contributed by atoms with E-state index in [1.807, 2.05) is 18.7 Å². The van der Waals surface area contributed by atoms with E-state index in [4.69, 9.17) is 26.8 Å². The minimum Gasteiger partial charge on any atom is -0.493 e. The zero-order valence-corrected chi connectivity index (χ0v) is 14.7. The van der Waals surface area contributed by atoms with Crippen molar-refractivity contribution in [3.8, 4) is 11.5 Å². The second-order valence-corrected chi connectivity index (χ2v) is 6.39. The zero-order chi connectivity index (χ0) is 17.0. The van der Waals surface area contributed by atoms with Gasteiger partial charge in [-0.15, -0.1) is 0 Å². The summed E-state index contributed by atoms with van der Waals surface area (Å²) in [5.41, 5.74) is 6.25. The molecule has 0 radical (unpaired) electrons. The molecule has 0 saturated carbocycles. The minimum atomic E-state index is -0.0457. The fourth-order valence-electron chi connectivity index (χ4n) is 2.95. The van der Waals surface area contributed by atoms with Gasteiger partial charge in [0.15, 0.2) is 11.5 Å². The van der Waals surface area contributed by atoms with Crippen LogP contribution in [0.3, 0.4) is 0 Å². The van der Waals surface area contributed by atoms with Crippen LogP contribution in [0.15, 0.2) is 12.1 Å². The summed E-state index contributed by atoms with van der Waals surface area (Å²) in [6, 6.07) is 3.53. The summed E-state index contributed by atoms with van der Waals surface area (Å²) in [6.07, 6.45) is 1.80. The zero-order valence-electron chi connectivity index (χ0n) is 14.0. The molecular formula is C17H25ClN2O3. The lowest BCUT2D eigenvalue weighted by atomic mass is 10.1. The molecule has 0 aromatic heterocycles. The molecule has 0 spiro atoms. The van der Waals surface area contributed by atoms with Crippen molar-refractivity contribution in [1.29, 1.82) is 0 Å². The number of carbonyl (C=O) groups is 1. The molecule has 1 aliphatic heterocycles. The quantitative estimate of drug-likeness (QED) is 0.864.